The average Bonchev–Trinajstić information content (AvgIpc) is 2.85. The highest BCUT2D eigenvalue weighted by atomic mass is 35.5. The van der Waals surface area contributed by atoms with E-state index in [1.807, 2.05) is 6.92 Å². The van der Waals surface area contributed by atoms with Crippen LogP contribution in [0.15, 0.2) is 6.33 Å². The van der Waals surface area contributed by atoms with Gasteiger partial charge in [-0.05, 0) is 31.1 Å². The van der Waals surface area contributed by atoms with Crippen LogP contribution in [-0.4, -0.2) is 22.4 Å². The largest absolute Gasteiger partial charge is 0.367 e. The van der Waals surface area contributed by atoms with Gasteiger partial charge in [0.2, 0.25) is 0 Å². The second-order valence-corrected chi connectivity index (χ2v) is 5.13. The number of nitrogens with one attached hydrogen (secondary N) is 1. The second kappa shape index (κ2) is 6.32. The molecule has 1 heterocycles. The fourth-order valence-electron chi connectivity index (χ4n) is 2.59. The zero-order chi connectivity index (χ0) is 13.0. The van der Waals surface area contributed by atoms with E-state index in [1.54, 1.807) is 0 Å². The number of nitrogens with zero attached hydrogens (tertiary/aromatic N) is 2. The van der Waals surface area contributed by atoms with E-state index in [0.29, 0.717) is 35.6 Å². The minimum absolute atomic E-state index is 0.319. The predicted octanol–water partition coefficient (Wildman–Crippen LogP) is 3.25. The molecular weight excluding hydrogens is 253 g/mol. The summed E-state index contributed by atoms with van der Waals surface area (Å²) in [7, 11) is 0. The number of anilines is 1. The Bertz CT molecular complexity index is 400. The summed E-state index contributed by atoms with van der Waals surface area (Å²) in [6.07, 6.45) is 5.56. The van der Waals surface area contributed by atoms with Gasteiger partial charge in [-0.1, -0.05) is 13.3 Å². The number of halogens is 2. The number of hydrogen-bond acceptors (Lipinski definition) is 3. The van der Waals surface area contributed by atoms with Crippen LogP contribution in [0.4, 0.5) is 10.2 Å². The zero-order valence-electron chi connectivity index (χ0n) is 10.6. The van der Waals surface area contributed by atoms with Gasteiger partial charge in [0, 0.05) is 12.4 Å². The molecule has 0 amide bonds. The minimum atomic E-state index is -0.319. The van der Waals surface area contributed by atoms with Crippen LogP contribution in [0.3, 0.4) is 0 Å². The normalized spacial score (nSPS) is 23.3. The number of rotatable bonds is 5. The smallest absolute Gasteiger partial charge is 0.186 e. The van der Waals surface area contributed by atoms with E-state index in [2.05, 4.69) is 15.3 Å². The molecule has 100 valence electrons. The Morgan fingerprint density at radius 2 is 2.17 bits per heavy atom. The Hall–Kier alpha value is -0.900. The lowest BCUT2D eigenvalue weighted by Crippen LogP contribution is -2.20. The van der Waals surface area contributed by atoms with Gasteiger partial charge < -0.3 is 5.32 Å². The van der Waals surface area contributed by atoms with Crippen LogP contribution < -0.4 is 5.32 Å². The van der Waals surface area contributed by atoms with Crippen molar-refractivity contribution in [1.29, 1.82) is 0 Å². The fraction of sp³-hybridized carbons (Fsp3) is 0.692. The topological polar surface area (TPSA) is 37.8 Å². The molecule has 1 N–H and O–H groups in total. The van der Waals surface area contributed by atoms with Crippen molar-refractivity contribution < 1.29 is 4.39 Å². The van der Waals surface area contributed by atoms with Gasteiger partial charge in [0.25, 0.3) is 0 Å². The fourth-order valence-corrected chi connectivity index (χ4v) is 3.00. The van der Waals surface area contributed by atoms with Gasteiger partial charge in [0.15, 0.2) is 11.6 Å². The Morgan fingerprint density at radius 1 is 1.39 bits per heavy atom. The third-order valence-corrected chi connectivity index (χ3v) is 4.14. The quantitative estimate of drug-likeness (QED) is 0.836. The first-order chi connectivity index (χ1) is 8.76. The number of hydrogen-bond donors (Lipinski definition) is 1. The summed E-state index contributed by atoms with van der Waals surface area (Å²) in [4.78, 5) is 7.89. The van der Waals surface area contributed by atoms with Crippen molar-refractivity contribution in [1.82, 2.24) is 9.97 Å². The first-order valence-corrected chi connectivity index (χ1v) is 7.08. The highest BCUT2D eigenvalue weighted by molar-refractivity contribution is 6.18. The lowest BCUT2D eigenvalue weighted by atomic mass is 9.98. The number of alkyl halides is 1. The van der Waals surface area contributed by atoms with Gasteiger partial charge in [0.05, 0.1) is 5.69 Å². The molecule has 1 aliphatic carbocycles. The minimum Gasteiger partial charge on any atom is -0.367 e. The van der Waals surface area contributed by atoms with E-state index in [-0.39, 0.29) is 5.82 Å². The van der Waals surface area contributed by atoms with Crippen molar-refractivity contribution in [2.45, 2.75) is 32.6 Å². The van der Waals surface area contributed by atoms with Crippen molar-refractivity contribution in [3.8, 4) is 0 Å². The van der Waals surface area contributed by atoms with E-state index >= 15 is 0 Å². The van der Waals surface area contributed by atoms with E-state index in [0.717, 1.165) is 13.0 Å². The summed E-state index contributed by atoms with van der Waals surface area (Å²) in [6.45, 7) is 2.63. The number of aryl methyl sites for hydroxylation is 1. The highest BCUT2D eigenvalue weighted by Crippen LogP contribution is 2.32. The van der Waals surface area contributed by atoms with Crippen molar-refractivity contribution >= 4 is 17.4 Å². The summed E-state index contributed by atoms with van der Waals surface area (Å²) in [5, 5.41) is 3.11. The predicted molar refractivity (Wildman–Crippen MR) is 71.4 cm³/mol. The molecule has 0 aliphatic heterocycles. The maximum absolute atomic E-state index is 13.9. The van der Waals surface area contributed by atoms with Gasteiger partial charge in [-0.15, -0.1) is 11.6 Å². The van der Waals surface area contributed by atoms with E-state index in [1.165, 1.54) is 19.2 Å². The SMILES string of the molecule is CCc1ncnc(NCC2CCCC2CCl)c1F. The van der Waals surface area contributed by atoms with Crippen LogP contribution in [0.1, 0.15) is 31.9 Å². The van der Waals surface area contributed by atoms with Crippen LogP contribution in [0.2, 0.25) is 0 Å². The molecule has 3 nitrogen and oxygen atoms in total. The van der Waals surface area contributed by atoms with E-state index in [4.69, 9.17) is 11.6 Å². The molecule has 1 aliphatic rings. The van der Waals surface area contributed by atoms with E-state index in [9.17, 15) is 4.39 Å². The second-order valence-electron chi connectivity index (χ2n) is 4.82. The van der Waals surface area contributed by atoms with Crippen LogP contribution in [0.5, 0.6) is 0 Å². The summed E-state index contributed by atoms with van der Waals surface area (Å²) >= 11 is 5.94. The molecule has 0 bridgehead atoms. The third-order valence-electron chi connectivity index (χ3n) is 3.74. The Labute approximate surface area is 112 Å². The summed E-state index contributed by atoms with van der Waals surface area (Å²) in [5.74, 6) is 1.78. The molecule has 1 aromatic rings. The first-order valence-electron chi connectivity index (χ1n) is 6.55. The molecule has 2 rings (SSSR count). The van der Waals surface area contributed by atoms with Crippen molar-refractivity contribution in [2.75, 3.05) is 17.7 Å². The Kier molecular flexibility index (Phi) is 4.75. The maximum atomic E-state index is 13.9. The molecule has 1 fully saturated rings. The van der Waals surface area contributed by atoms with Crippen LogP contribution in [0.25, 0.3) is 0 Å². The molecule has 1 aromatic heterocycles. The van der Waals surface area contributed by atoms with Gasteiger partial charge in [-0.3, -0.25) is 0 Å². The van der Waals surface area contributed by atoms with Gasteiger partial charge in [-0.25, -0.2) is 14.4 Å². The molecule has 2 unspecified atom stereocenters. The lowest BCUT2D eigenvalue weighted by Gasteiger charge is -2.18. The van der Waals surface area contributed by atoms with Crippen molar-refractivity contribution in [3.05, 3.63) is 17.8 Å². The highest BCUT2D eigenvalue weighted by Gasteiger charge is 2.26. The summed E-state index contributed by atoms with van der Waals surface area (Å²) in [6, 6.07) is 0. The van der Waals surface area contributed by atoms with Gasteiger partial charge in [-0.2, -0.15) is 0 Å². The molecule has 1 saturated carbocycles. The molecule has 18 heavy (non-hydrogen) atoms. The molecule has 2 atom stereocenters. The molecule has 0 radical (unpaired) electrons. The molecule has 0 aromatic carbocycles. The van der Waals surface area contributed by atoms with Crippen LogP contribution in [0, 0.1) is 17.7 Å². The molecule has 0 saturated heterocycles. The summed E-state index contributed by atoms with van der Waals surface area (Å²) in [5.41, 5.74) is 0.466. The zero-order valence-corrected chi connectivity index (χ0v) is 11.4. The van der Waals surface area contributed by atoms with E-state index < -0.39 is 0 Å². The first kappa shape index (κ1) is 13.5. The standard InChI is InChI=1S/C13H19ClFN3/c1-2-11-12(15)13(18-8-17-11)16-7-10-5-3-4-9(10)6-14/h8-10H,2-7H2,1H3,(H,16,17,18). The van der Waals surface area contributed by atoms with Crippen molar-refractivity contribution in [3.63, 3.8) is 0 Å². The Balaban J connectivity index is 1.98. The maximum Gasteiger partial charge on any atom is 0.186 e. The summed E-state index contributed by atoms with van der Waals surface area (Å²) < 4.78 is 13.9. The number of aromatic nitrogens is 2. The molecule has 0 spiro atoms. The van der Waals surface area contributed by atoms with Crippen molar-refractivity contribution in [2.24, 2.45) is 11.8 Å². The molecular formula is C13H19ClFN3. The molecule has 5 heteroatoms. The average molecular weight is 272 g/mol. The van der Waals surface area contributed by atoms with Crippen LogP contribution in [-0.2, 0) is 6.42 Å². The van der Waals surface area contributed by atoms with Gasteiger partial charge in [0.1, 0.15) is 6.33 Å². The lowest BCUT2D eigenvalue weighted by molar-refractivity contribution is 0.442. The monoisotopic (exact) mass is 271 g/mol. The Morgan fingerprint density at radius 3 is 2.89 bits per heavy atom. The van der Waals surface area contributed by atoms with Crippen LogP contribution >= 0.6 is 11.6 Å². The van der Waals surface area contributed by atoms with Gasteiger partial charge >= 0.3 is 0 Å². The third kappa shape index (κ3) is 2.91.